The molecule has 0 spiro atoms. The van der Waals surface area contributed by atoms with Gasteiger partial charge in [0.2, 0.25) is 5.91 Å². The van der Waals surface area contributed by atoms with Crippen LogP contribution in [0.25, 0.3) is 0 Å². The van der Waals surface area contributed by atoms with E-state index in [1.54, 1.807) is 19.2 Å². The van der Waals surface area contributed by atoms with Gasteiger partial charge in [0.1, 0.15) is 12.6 Å². The van der Waals surface area contributed by atoms with Crippen molar-refractivity contribution in [2.24, 2.45) is 0 Å². The zero-order chi connectivity index (χ0) is 15.0. The molecule has 0 radical (unpaired) electrons. The molecule has 1 rings (SSSR count). The van der Waals surface area contributed by atoms with Gasteiger partial charge in [-0.1, -0.05) is 24.3 Å². The maximum absolute atomic E-state index is 11.9. The van der Waals surface area contributed by atoms with Crippen molar-refractivity contribution >= 4 is 18.5 Å². The van der Waals surface area contributed by atoms with Crippen LogP contribution < -0.4 is 5.32 Å². The number of hydrogen-bond acceptors (Lipinski definition) is 4. The lowest BCUT2D eigenvalue weighted by Gasteiger charge is -2.26. The molecule has 1 N–H and O–H groups in total. The van der Waals surface area contributed by atoms with Crippen LogP contribution in [-0.2, 0) is 16.1 Å². The number of benzene rings is 1. The quantitative estimate of drug-likeness (QED) is 0.720. The van der Waals surface area contributed by atoms with Gasteiger partial charge in [-0.25, -0.2) is 0 Å². The Balaban J connectivity index is 2.83. The fourth-order valence-corrected chi connectivity index (χ4v) is 2.12. The Bertz CT molecular complexity index is 474. The second kappa shape index (κ2) is 8.22. The Morgan fingerprint density at radius 2 is 2.05 bits per heavy atom. The van der Waals surface area contributed by atoms with Crippen molar-refractivity contribution < 1.29 is 14.4 Å². The molecule has 0 fully saturated rings. The van der Waals surface area contributed by atoms with Crippen molar-refractivity contribution in [2.45, 2.75) is 25.4 Å². The highest BCUT2D eigenvalue weighted by Crippen LogP contribution is 2.13. The summed E-state index contributed by atoms with van der Waals surface area (Å²) in [6.45, 7) is 0.478. The maximum Gasteiger partial charge on any atom is 0.237 e. The lowest BCUT2D eigenvalue weighted by atomic mass is 10.1. The van der Waals surface area contributed by atoms with Gasteiger partial charge in [0, 0.05) is 25.6 Å². The molecule has 0 aliphatic rings. The van der Waals surface area contributed by atoms with E-state index in [2.05, 4.69) is 5.32 Å². The molecule has 108 valence electrons. The second-order valence-corrected chi connectivity index (χ2v) is 4.61. The Kier molecular flexibility index (Phi) is 6.59. The molecule has 20 heavy (non-hydrogen) atoms. The Hall–Kier alpha value is -2.01. The van der Waals surface area contributed by atoms with E-state index in [1.807, 2.05) is 24.1 Å². The van der Waals surface area contributed by atoms with Crippen LogP contribution in [0.5, 0.6) is 0 Å². The third-order valence-corrected chi connectivity index (χ3v) is 3.24. The van der Waals surface area contributed by atoms with Crippen LogP contribution in [0, 0.1) is 0 Å². The SMILES string of the molecule is CNC(=O)C(CCC=O)N(C)Cc1ccccc1C=O. The van der Waals surface area contributed by atoms with Crippen molar-refractivity contribution in [2.75, 3.05) is 14.1 Å². The first-order valence-electron chi connectivity index (χ1n) is 6.52. The minimum atomic E-state index is -0.384. The highest BCUT2D eigenvalue weighted by molar-refractivity contribution is 5.82. The van der Waals surface area contributed by atoms with Gasteiger partial charge < -0.3 is 10.1 Å². The summed E-state index contributed by atoms with van der Waals surface area (Å²) in [6, 6.07) is 6.88. The third kappa shape index (κ3) is 4.28. The van der Waals surface area contributed by atoms with E-state index in [-0.39, 0.29) is 11.9 Å². The van der Waals surface area contributed by atoms with Crippen LogP contribution >= 0.6 is 0 Å². The van der Waals surface area contributed by atoms with Crippen LogP contribution in [0.3, 0.4) is 0 Å². The van der Waals surface area contributed by atoms with E-state index < -0.39 is 0 Å². The van der Waals surface area contributed by atoms with Gasteiger partial charge in [-0.15, -0.1) is 0 Å². The molecule has 5 heteroatoms. The van der Waals surface area contributed by atoms with Crippen LogP contribution in [0.15, 0.2) is 24.3 Å². The van der Waals surface area contributed by atoms with Gasteiger partial charge in [-0.2, -0.15) is 0 Å². The zero-order valence-corrected chi connectivity index (χ0v) is 11.8. The van der Waals surface area contributed by atoms with Crippen LogP contribution in [0.4, 0.5) is 0 Å². The molecule has 0 heterocycles. The average molecular weight is 276 g/mol. The highest BCUT2D eigenvalue weighted by atomic mass is 16.2. The van der Waals surface area contributed by atoms with Gasteiger partial charge in [0.25, 0.3) is 0 Å². The molecule has 0 bridgehead atoms. The van der Waals surface area contributed by atoms with Crippen molar-refractivity contribution in [1.29, 1.82) is 0 Å². The molecule has 0 aromatic heterocycles. The highest BCUT2D eigenvalue weighted by Gasteiger charge is 2.22. The van der Waals surface area contributed by atoms with E-state index in [4.69, 9.17) is 0 Å². The fraction of sp³-hybridized carbons (Fsp3) is 0.400. The number of amides is 1. The predicted molar refractivity (Wildman–Crippen MR) is 76.4 cm³/mol. The first kappa shape index (κ1) is 16.0. The summed E-state index contributed by atoms with van der Waals surface area (Å²) in [4.78, 5) is 35.2. The van der Waals surface area contributed by atoms with Crippen molar-refractivity contribution in [3.63, 3.8) is 0 Å². The third-order valence-electron chi connectivity index (χ3n) is 3.24. The molecule has 1 atom stereocenters. The molecule has 1 amide bonds. The van der Waals surface area contributed by atoms with Crippen LogP contribution in [-0.4, -0.2) is 43.5 Å². The molecular weight excluding hydrogens is 256 g/mol. The van der Waals surface area contributed by atoms with Crippen molar-refractivity contribution in [3.8, 4) is 0 Å². The monoisotopic (exact) mass is 276 g/mol. The number of nitrogens with one attached hydrogen (secondary N) is 1. The molecule has 1 aromatic carbocycles. The predicted octanol–water partition coefficient (Wildman–Crippen LogP) is 1.02. The molecule has 1 aromatic rings. The average Bonchev–Trinajstić information content (AvgIpc) is 2.47. The lowest BCUT2D eigenvalue weighted by Crippen LogP contribution is -2.43. The van der Waals surface area contributed by atoms with Gasteiger partial charge in [-0.05, 0) is 19.0 Å². The largest absolute Gasteiger partial charge is 0.358 e. The van der Waals surface area contributed by atoms with Crippen LogP contribution in [0.1, 0.15) is 28.8 Å². The summed E-state index contributed by atoms with van der Waals surface area (Å²) in [6.07, 6.45) is 2.41. The first-order chi connectivity index (χ1) is 9.63. The van der Waals surface area contributed by atoms with E-state index in [0.717, 1.165) is 18.1 Å². The Morgan fingerprint density at radius 1 is 1.35 bits per heavy atom. The second-order valence-electron chi connectivity index (χ2n) is 4.61. The fourth-order valence-electron chi connectivity index (χ4n) is 2.12. The number of rotatable bonds is 8. The summed E-state index contributed by atoms with van der Waals surface area (Å²) >= 11 is 0. The van der Waals surface area contributed by atoms with E-state index in [1.165, 1.54) is 0 Å². The number of aldehydes is 2. The van der Waals surface area contributed by atoms with Crippen molar-refractivity contribution in [1.82, 2.24) is 10.2 Å². The minimum absolute atomic E-state index is 0.127. The number of likely N-dealkylation sites (N-methyl/N-ethyl adjacent to an activating group) is 2. The topological polar surface area (TPSA) is 66.5 Å². The Morgan fingerprint density at radius 3 is 2.65 bits per heavy atom. The molecule has 0 aliphatic carbocycles. The number of carbonyl (C=O) groups is 3. The van der Waals surface area contributed by atoms with Gasteiger partial charge in [0.15, 0.2) is 0 Å². The lowest BCUT2D eigenvalue weighted by molar-refractivity contribution is -0.126. The molecule has 0 saturated carbocycles. The molecule has 1 unspecified atom stereocenters. The molecule has 0 aliphatic heterocycles. The summed E-state index contributed by atoms with van der Waals surface area (Å²) in [7, 11) is 3.38. The normalized spacial score (nSPS) is 11.9. The number of hydrogen-bond donors (Lipinski definition) is 1. The van der Waals surface area contributed by atoms with Crippen molar-refractivity contribution in [3.05, 3.63) is 35.4 Å². The zero-order valence-electron chi connectivity index (χ0n) is 11.8. The maximum atomic E-state index is 11.9. The van der Waals surface area contributed by atoms with E-state index >= 15 is 0 Å². The number of nitrogens with zero attached hydrogens (tertiary/aromatic N) is 1. The van der Waals surface area contributed by atoms with Gasteiger partial charge in [0.05, 0.1) is 6.04 Å². The Labute approximate surface area is 119 Å². The summed E-state index contributed by atoms with van der Waals surface area (Å²) in [5, 5.41) is 2.60. The first-order valence-corrected chi connectivity index (χ1v) is 6.52. The summed E-state index contributed by atoms with van der Waals surface area (Å²) in [5.41, 5.74) is 1.48. The minimum Gasteiger partial charge on any atom is -0.358 e. The standard InChI is InChI=1S/C15H20N2O3/c1-16-15(20)14(8-5-9-18)17(2)10-12-6-3-4-7-13(12)11-19/h3-4,6-7,9,11,14H,5,8,10H2,1-2H3,(H,16,20). The molecule has 5 nitrogen and oxygen atoms in total. The smallest absolute Gasteiger partial charge is 0.237 e. The number of carbonyl (C=O) groups excluding carboxylic acids is 3. The summed E-state index contributed by atoms with van der Waals surface area (Å²) < 4.78 is 0. The van der Waals surface area contributed by atoms with Gasteiger partial charge >= 0.3 is 0 Å². The van der Waals surface area contributed by atoms with E-state index in [9.17, 15) is 14.4 Å². The van der Waals surface area contributed by atoms with Gasteiger partial charge in [-0.3, -0.25) is 14.5 Å². The van der Waals surface area contributed by atoms with E-state index in [0.29, 0.717) is 24.9 Å². The summed E-state index contributed by atoms with van der Waals surface area (Å²) in [5.74, 6) is -0.127. The molecule has 0 saturated heterocycles. The van der Waals surface area contributed by atoms with Crippen LogP contribution in [0.2, 0.25) is 0 Å². The molecular formula is C15H20N2O3.